The molecule has 11 heavy (non-hydrogen) atoms. The maximum atomic E-state index is 9.40. The molecule has 1 saturated carbocycles. The molecule has 2 nitrogen and oxygen atoms in total. The van der Waals surface area contributed by atoms with Gasteiger partial charge in [-0.1, -0.05) is 6.08 Å². The minimum atomic E-state index is -0.111. The summed E-state index contributed by atoms with van der Waals surface area (Å²) in [6, 6.07) is 0.343. The number of hydrogen-bond donors (Lipinski definition) is 2. The Labute approximate surface area is 68.3 Å². The normalized spacial score (nSPS) is 30.6. The fourth-order valence-corrected chi connectivity index (χ4v) is 1.55. The van der Waals surface area contributed by atoms with Gasteiger partial charge in [0.05, 0.1) is 6.10 Å². The minimum absolute atomic E-state index is 0.111. The van der Waals surface area contributed by atoms with Crippen LogP contribution in [0.25, 0.3) is 0 Å². The highest BCUT2D eigenvalue weighted by molar-refractivity contribution is 4.83. The molecule has 64 valence electrons. The second kappa shape index (κ2) is 4.52. The lowest BCUT2D eigenvalue weighted by atomic mass is 10.2. The molecule has 2 heteroatoms. The molecule has 1 aliphatic rings. The van der Waals surface area contributed by atoms with Crippen molar-refractivity contribution in [2.75, 3.05) is 6.54 Å². The van der Waals surface area contributed by atoms with Gasteiger partial charge in [0.25, 0.3) is 0 Å². The Hall–Kier alpha value is -0.340. The highest BCUT2D eigenvalue weighted by atomic mass is 16.3. The predicted molar refractivity (Wildman–Crippen MR) is 46.5 cm³/mol. The van der Waals surface area contributed by atoms with Crippen molar-refractivity contribution in [2.45, 2.75) is 37.8 Å². The average Bonchev–Trinajstić information content (AvgIpc) is 2.37. The third-order valence-electron chi connectivity index (χ3n) is 2.23. The molecule has 2 atom stereocenters. The zero-order valence-corrected chi connectivity index (χ0v) is 6.92. The van der Waals surface area contributed by atoms with Gasteiger partial charge >= 0.3 is 0 Å². The number of aliphatic hydroxyl groups is 1. The summed E-state index contributed by atoms with van der Waals surface area (Å²) in [5, 5.41) is 12.7. The molecule has 0 bridgehead atoms. The van der Waals surface area contributed by atoms with Crippen LogP contribution in [0.4, 0.5) is 0 Å². The SMILES string of the molecule is C=CCCNC1CCCC1O. The van der Waals surface area contributed by atoms with E-state index in [1.807, 2.05) is 6.08 Å². The molecule has 1 aliphatic carbocycles. The standard InChI is InChI=1S/C9H17NO/c1-2-3-7-10-8-5-4-6-9(8)11/h2,8-11H,1,3-7H2. The van der Waals surface area contributed by atoms with Gasteiger partial charge in [0.2, 0.25) is 0 Å². The van der Waals surface area contributed by atoms with E-state index in [1.165, 1.54) is 0 Å². The summed E-state index contributed by atoms with van der Waals surface area (Å²) in [5.41, 5.74) is 0. The summed E-state index contributed by atoms with van der Waals surface area (Å²) in [6.07, 6.45) is 6.02. The summed E-state index contributed by atoms with van der Waals surface area (Å²) >= 11 is 0. The first-order chi connectivity index (χ1) is 5.34. The van der Waals surface area contributed by atoms with Crippen LogP contribution in [0.15, 0.2) is 12.7 Å². The fraction of sp³-hybridized carbons (Fsp3) is 0.778. The van der Waals surface area contributed by atoms with Crippen LogP contribution in [0.1, 0.15) is 25.7 Å². The summed E-state index contributed by atoms with van der Waals surface area (Å²) in [4.78, 5) is 0. The van der Waals surface area contributed by atoms with Crippen molar-refractivity contribution < 1.29 is 5.11 Å². The summed E-state index contributed by atoms with van der Waals surface area (Å²) in [5.74, 6) is 0. The monoisotopic (exact) mass is 155 g/mol. The van der Waals surface area contributed by atoms with Crippen molar-refractivity contribution in [1.82, 2.24) is 5.32 Å². The lowest BCUT2D eigenvalue weighted by molar-refractivity contribution is 0.150. The van der Waals surface area contributed by atoms with Crippen molar-refractivity contribution in [2.24, 2.45) is 0 Å². The highest BCUT2D eigenvalue weighted by Gasteiger charge is 2.23. The summed E-state index contributed by atoms with van der Waals surface area (Å²) in [6.45, 7) is 4.59. The molecule has 0 saturated heterocycles. The van der Waals surface area contributed by atoms with E-state index in [2.05, 4.69) is 11.9 Å². The lowest BCUT2D eigenvalue weighted by Gasteiger charge is -2.15. The first-order valence-corrected chi connectivity index (χ1v) is 4.37. The van der Waals surface area contributed by atoms with Gasteiger partial charge in [-0.05, 0) is 32.2 Å². The number of rotatable bonds is 4. The van der Waals surface area contributed by atoms with Gasteiger partial charge in [0.15, 0.2) is 0 Å². The van der Waals surface area contributed by atoms with Crippen molar-refractivity contribution in [1.29, 1.82) is 0 Å². The Morgan fingerprint density at radius 2 is 2.36 bits per heavy atom. The molecule has 0 amide bonds. The summed E-state index contributed by atoms with van der Waals surface area (Å²) in [7, 11) is 0. The van der Waals surface area contributed by atoms with Gasteiger partial charge in [-0.2, -0.15) is 0 Å². The van der Waals surface area contributed by atoms with Gasteiger partial charge < -0.3 is 10.4 Å². The van der Waals surface area contributed by atoms with E-state index < -0.39 is 0 Å². The first-order valence-electron chi connectivity index (χ1n) is 4.37. The van der Waals surface area contributed by atoms with Crippen LogP contribution in [0, 0.1) is 0 Å². The van der Waals surface area contributed by atoms with Gasteiger partial charge in [0.1, 0.15) is 0 Å². The molecule has 0 radical (unpaired) electrons. The molecule has 0 heterocycles. The van der Waals surface area contributed by atoms with E-state index >= 15 is 0 Å². The molecule has 0 aromatic rings. The zero-order valence-electron chi connectivity index (χ0n) is 6.92. The molecule has 0 aromatic heterocycles. The Bertz CT molecular complexity index is 125. The Kier molecular flexibility index (Phi) is 3.60. The van der Waals surface area contributed by atoms with Gasteiger partial charge in [-0.15, -0.1) is 6.58 Å². The predicted octanol–water partition coefficient (Wildman–Crippen LogP) is 1.07. The quantitative estimate of drug-likeness (QED) is 0.470. The van der Waals surface area contributed by atoms with Gasteiger partial charge in [0, 0.05) is 6.04 Å². The van der Waals surface area contributed by atoms with Crippen LogP contribution >= 0.6 is 0 Å². The van der Waals surface area contributed by atoms with Crippen LogP contribution in [0.3, 0.4) is 0 Å². The van der Waals surface area contributed by atoms with Crippen LogP contribution in [0.2, 0.25) is 0 Å². The second-order valence-corrected chi connectivity index (χ2v) is 3.14. The van der Waals surface area contributed by atoms with E-state index in [1.54, 1.807) is 0 Å². The van der Waals surface area contributed by atoms with Crippen LogP contribution in [-0.2, 0) is 0 Å². The zero-order chi connectivity index (χ0) is 8.10. The van der Waals surface area contributed by atoms with Crippen LogP contribution in [-0.4, -0.2) is 23.8 Å². The van der Waals surface area contributed by atoms with E-state index in [0.717, 1.165) is 32.2 Å². The van der Waals surface area contributed by atoms with Gasteiger partial charge in [-0.25, -0.2) is 0 Å². The third kappa shape index (κ3) is 2.64. The largest absolute Gasteiger partial charge is 0.392 e. The smallest absolute Gasteiger partial charge is 0.0693 e. The lowest BCUT2D eigenvalue weighted by Crippen LogP contribution is -2.35. The average molecular weight is 155 g/mol. The van der Waals surface area contributed by atoms with E-state index in [0.29, 0.717) is 6.04 Å². The first kappa shape index (κ1) is 8.75. The number of hydrogen-bond acceptors (Lipinski definition) is 2. The topological polar surface area (TPSA) is 32.3 Å². The Morgan fingerprint density at radius 1 is 1.55 bits per heavy atom. The van der Waals surface area contributed by atoms with Crippen molar-refractivity contribution >= 4 is 0 Å². The van der Waals surface area contributed by atoms with E-state index in [4.69, 9.17) is 0 Å². The molecule has 1 rings (SSSR count). The van der Waals surface area contributed by atoms with Crippen LogP contribution in [0.5, 0.6) is 0 Å². The second-order valence-electron chi connectivity index (χ2n) is 3.14. The molecular formula is C9H17NO. The Morgan fingerprint density at radius 3 is 2.91 bits per heavy atom. The molecule has 1 fully saturated rings. The summed E-state index contributed by atoms with van der Waals surface area (Å²) < 4.78 is 0. The van der Waals surface area contributed by atoms with Crippen molar-refractivity contribution in [3.63, 3.8) is 0 Å². The van der Waals surface area contributed by atoms with Crippen LogP contribution < -0.4 is 5.32 Å². The number of nitrogens with one attached hydrogen (secondary N) is 1. The van der Waals surface area contributed by atoms with E-state index in [9.17, 15) is 5.11 Å². The highest BCUT2D eigenvalue weighted by Crippen LogP contribution is 2.18. The van der Waals surface area contributed by atoms with Gasteiger partial charge in [-0.3, -0.25) is 0 Å². The molecule has 0 aromatic carbocycles. The minimum Gasteiger partial charge on any atom is -0.392 e. The molecule has 0 spiro atoms. The maximum absolute atomic E-state index is 9.40. The molecule has 2 N–H and O–H groups in total. The fourth-order valence-electron chi connectivity index (χ4n) is 1.55. The number of aliphatic hydroxyl groups excluding tert-OH is 1. The van der Waals surface area contributed by atoms with Crippen molar-refractivity contribution in [3.8, 4) is 0 Å². The third-order valence-corrected chi connectivity index (χ3v) is 2.23. The maximum Gasteiger partial charge on any atom is 0.0693 e. The van der Waals surface area contributed by atoms with E-state index in [-0.39, 0.29) is 6.10 Å². The van der Waals surface area contributed by atoms with Crippen molar-refractivity contribution in [3.05, 3.63) is 12.7 Å². The molecule has 2 unspecified atom stereocenters. The molecular weight excluding hydrogens is 138 g/mol. The Balaban J connectivity index is 2.10. The molecule has 0 aliphatic heterocycles.